The van der Waals surface area contributed by atoms with E-state index in [0.717, 1.165) is 18.5 Å². The van der Waals surface area contributed by atoms with Gasteiger partial charge in [-0.05, 0) is 57.2 Å². The number of hydrogen-bond donors (Lipinski definition) is 1. The minimum Gasteiger partial charge on any atom is -0.390 e. The summed E-state index contributed by atoms with van der Waals surface area (Å²) in [6.45, 7) is 11.5. The second-order valence-corrected chi connectivity index (χ2v) is 8.36. The fourth-order valence-electron chi connectivity index (χ4n) is 3.26. The molecule has 0 aliphatic carbocycles. The summed E-state index contributed by atoms with van der Waals surface area (Å²) in [7, 11) is 0. The van der Waals surface area contributed by atoms with E-state index in [0.29, 0.717) is 31.0 Å². The Labute approximate surface area is 157 Å². The van der Waals surface area contributed by atoms with E-state index in [1.807, 2.05) is 36.1 Å². The van der Waals surface area contributed by atoms with E-state index in [2.05, 4.69) is 13.8 Å². The Bertz CT molecular complexity index is 632. The number of carbonyl (C=O) groups is 2. The molecule has 1 aromatic rings. The number of aliphatic hydroxyl groups is 1. The SMILES string of the molecule is CC(C)CN1CCN(C(=O)c2ccc(CCC(C)(C)O)cc2)C(C)C1=O. The molecule has 1 heterocycles. The Morgan fingerprint density at radius 1 is 1.23 bits per heavy atom. The second-order valence-electron chi connectivity index (χ2n) is 8.36. The summed E-state index contributed by atoms with van der Waals surface area (Å²) in [5.41, 5.74) is 1.00. The maximum atomic E-state index is 12.8. The van der Waals surface area contributed by atoms with Crippen molar-refractivity contribution in [3.05, 3.63) is 35.4 Å². The van der Waals surface area contributed by atoms with Crippen molar-refractivity contribution >= 4 is 11.8 Å². The summed E-state index contributed by atoms with van der Waals surface area (Å²) >= 11 is 0. The van der Waals surface area contributed by atoms with Crippen molar-refractivity contribution in [1.82, 2.24) is 9.80 Å². The molecule has 1 unspecified atom stereocenters. The molecular formula is C21H32N2O3. The molecule has 0 radical (unpaired) electrons. The fourth-order valence-corrected chi connectivity index (χ4v) is 3.26. The van der Waals surface area contributed by atoms with Crippen LogP contribution in [-0.4, -0.2) is 58.0 Å². The topological polar surface area (TPSA) is 60.9 Å². The third-order valence-electron chi connectivity index (χ3n) is 4.82. The molecule has 1 atom stereocenters. The highest BCUT2D eigenvalue weighted by Crippen LogP contribution is 2.18. The first-order valence-corrected chi connectivity index (χ1v) is 9.49. The molecule has 0 spiro atoms. The van der Waals surface area contributed by atoms with E-state index in [1.54, 1.807) is 18.7 Å². The number of rotatable bonds is 6. The Morgan fingerprint density at radius 3 is 2.38 bits per heavy atom. The van der Waals surface area contributed by atoms with Crippen molar-refractivity contribution in [2.45, 2.75) is 59.1 Å². The molecule has 26 heavy (non-hydrogen) atoms. The predicted octanol–water partition coefficient (Wildman–Crippen LogP) is 2.72. The summed E-state index contributed by atoms with van der Waals surface area (Å²) in [6, 6.07) is 7.07. The van der Waals surface area contributed by atoms with Gasteiger partial charge in [0.1, 0.15) is 6.04 Å². The third-order valence-corrected chi connectivity index (χ3v) is 4.82. The van der Waals surface area contributed by atoms with Crippen LogP contribution in [0.4, 0.5) is 0 Å². The van der Waals surface area contributed by atoms with Crippen LogP contribution in [0.25, 0.3) is 0 Å². The Balaban J connectivity index is 2.01. The Kier molecular flexibility index (Phi) is 6.45. The first kappa shape index (κ1) is 20.4. The first-order valence-electron chi connectivity index (χ1n) is 9.49. The molecule has 1 saturated heterocycles. The van der Waals surface area contributed by atoms with Gasteiger partial charge in [-0.25, -0.2) is 0 Å². The molecular weight excluding hydrogens is 328 g/mol. The van der Waals surface area contributed by atoms with Crippen molar-refractivity contribution in [1.29, 1.82) is 0 Å². The largest absolute Gasteiger partial charge is 0.390 e. The van der Waals surface area contributed by atoms with Gasteiger partial charge in [0, 0.05) is 25.2 Å². The molecule has 1 N–H and O–H groups in total. The maximum absolute atomic E-state index is 12.8. The number of nitrogens with zero attached hydrogens (tertiary/aromatic N) is 2. The van der Waals surface area contributed by atoms with Crippen LogP contribution in [0.1, 0.15) is 57.0 Å². The summed E-state index contributed by atoms with van der Waals surface area (Å²) in [6.07, 6.45) is 1.43. The Hall–Kier alpha value is -1.88. The average Bonchev–Trinajstić information content (AvgIpc) is 2.56. The molecule has 5 heteroatoms. The van der Waals surface area contributed by atoms with Gasteiger partial charge in [-0.2, -0.15) is 0 Å². The molecule has 1 aromatic carbocycles. The van der Waals surface area contributed by atoms with E-state index in [1.165, 1.54) is 0 Å². The smallest absolute Gasteiger partial charge is 0.254 e. The quantitative estimate of drug-likeness (QED) is 0.848. The van der Waals surface area contributed by atoms with E-state index in [9.17, 15) is 14.7 Å². The lowest BCUT2D eigenvalue weighted by Crippen LogP contribution is -2.58. The molecule has 2 amide bonds. The van der Waals surface area contributed by atoms with Gasteiger partial charge in [0.05, 0.1) is 5.60 Å². The molecule has 0 bridgehead atoms. The van der Waals surface area contributed by atoms with Crippen LogP contribution < -0.4 is 0 Å². The third kappa shape index (κ3) is 5.31. The molecule has 1 aliphatic rings. The predicted molar refractivity (Wildman–Crippen MR) is 103 cm³/mol. The second kappa shape index (κ2) is 8.21. The number of benzene rings is 1. The molecule has 1 aliphatic heterocycles. The van der Waals surface area contributed by atoms with Gasteiger partial charge in [0.15, 0.2) is 0 Å². The van der Waals surface area contributed by atoms with Crippen LogP contribution >= 0.6 is 0 Å². The van der Waals surface area contributed by atoms with Gasteiger partial charge in [0.2, 0.25) is 5.91 Å². The van der Waals surface area contributed by atoms with Crippen LogP contribution in [0, 0.1) is 5.92 Å². The summed E-state index contributed by atoms with van der Waals surface area (Å²) in [5.74, 6) is 0.356. The molecule has 0 saturated carbocycles. The lowest BCUT2D eigenvalue weighted by atomic mass is 9.98. The standard InChI is InChI=1S/C21H32N2O3/c1-15(2)14-22-12-13-23(16(3)19(22)24)20(25)18-8-6-17(7-9-18)10-11-21(4,5)26/h6-9,15-16,26H,10-14H2,1-5H3. The van der Waals surface area contributed by atoms with Crippen molar-refractivity contribution in [2.75, 3.05) is 19.6 Å². The summed E-state index contributed by atoms with van der Waals surface area (Å²) in [5, 5.41) is 9.83. The molecule has 0 aromatic heterocycles. The van der Waals surface area contributed by atoms with Crippen LogP contribution in [-0.2, 0) is 11.2 Å². The van der Waals surface area contributed by atoms with E-state index in [4.69, 9.17) is 0 Å². The summed E-state index contributed by atoms with van der Waals surface area (Å²) in [4.78, 5) is 28.9. The summed E-state index contributed by atoms with van der Waals surface area (Å²) < 4.78 is 0. The van der Waals surface area contributed by atoms with Gasteiger partial charge in [-0.15, -0.1) is 0 Å². The normalized spacial score (nSPS) is 18.6. The highest BCUT2D eigenvalue weighted by Gasteiger charge is 2.34. The van der Waals surface area contributed by atoms with Crippen LogP contribution in [0.3, 0.4) is 0 Å². The van der Waals surface area contributed by atoms with Crippen LogP contribution in [0.5, 0.6) is 0 Å². The van der Waals surface area contributed by atoms with E-state index in [-0.39, 0.29) is 11.8 Å². The minimum absolute atomic E-state index is 0.0279. The first-order chi connectivity index (χ1) is 12.1. The Morgan fingerprint density at radius 2 is 1.85 bits per heavy atom. The molecule has 144 valence electrons. The van der Waals surface area contributed by atoms with Crippen molar-refractivity contribution in [2.24, 2.45) is 5.92 Å². The lowest BCUT2D eigenvalue weighted by molar-refractivity contribution is -0.140. The van der Waals surface area contributed by atoms with Crippen molar-refractivity contribution < 1.29 is 14.7 Å². The van der Waals surface area contributed by atoms with Gasteiger partial charge in [-0.3, -0.25) is 9.59 Å². The zero-order valence-electron chi connectivity index (χ0n) is 16.7. The molecule has 1 fully saturated rings. The van der Waals surface area contributed by atoms with Gasteiger partial charge in [-0.1, -0.05) is 26.0 Å². The number of aryl methyl sites for hydroxylation is 1. The zero-order valence-corrected chi connectivity index (χ0v) is 16.7. The number of amides is 2. The lowest BCUT2D eigenvalue weighted by Gasteiger charge is -2.39. The van der Waals surface area contributed by atoms with Crippen molar-refractivity contribution in [3.63, 3.8) is 0 Å². The van der Waals surface area contributed by atoms with E-state index >= 15 is 0 Å². The highest BCUT2D eigenvalue weighted by atomic mass is 16.3. The van der Waals surface area contributed by atoms with Gasteiger partial charge in [0.25, 0.3) is 5.91 Å². The van der Waals surface area contributed by atoms with Crippen LogP contribution in [0.2, 0.25) is 0 Å². The minimum atomic E-state index is -0.694. The molecule has 2 rings (SSSR count). The maximum Gasteiger partial charge on any atom is 0.254 e. The number of hydrogen-bond acceptors (Lipinski definition) is 3. The fraction of sp³-hybridized carbons (Fsp3) is 0.619. The van der Waals surface area contributed by atoms with E-state index < -0.39 is 11.6 Å². The van der Waals surface area contributed by atoms with Crippen LogP contribution in [0.15, 0.2) is 24.3 Å². The van der Waals surface area contributed by atoms with Gasteiger partial charge >= 0.3 is 0 Å². The molecule has 5 nitrogen and oxygen atoms in total. The number of piperazine rings is 1. The highest BCUT2D eigenvalue weighted by molar-refractivity contribution is 5.98. The average molecular weight is 360 g/mol. The zero-order chi connectivity index (χ0) is 19.5. The number of carbonyl (C=O) groups excluding carboxylic acids is 2. The van der Waals surface area contributed by atoms with Gasteiger partial charge < -0.3 is 14.9 Å². The van der Waals surface area contributed by atoms with Crippen molar-refractivity contribution in [3.8, 4) is 0 Å². The monoisotopic (exact) mass is 360 g/mol.